The normalized spacial score (nSPS) is 10.1. The molecule has 0 aliphatic heterocycles. The Labute approximate surface area is 111 Å². The SMILES string of the molecule is COC(=O)c1ccc(-c2ccc(N(C)C)nn2)cc1. The van der Waals surface area contributed by atoms with Crippen LogP contribution in [0.2, 0.25) is 0 Å². The van der Waals surface area contributed by atoms with E-state index in [0.29, 0.717) is 5.56 Å². The lowest BCUT2D eigenvalue weighted by Gasteiger charge is -2.10. The van der Waals surface area contributed by atoms with Crippen molar-refractivity contribution in [3.05, 3.63) is 42.0 Å². The van der Waals surface area contributed by atoms with Gasteiger partial charge in [0.15, 0.2) is 5.82 Å². The van der Waals surface area contributed by atoms with Gasteiger partial charge in [-0.2, -0.15) is 0 Å². The molecule has 0 spiro atoms. The van der Waals surface area contributed by atoms with Gasteiger partial charge in [-0.05, 0) is 24.3 Å². The molecule has 0 aliphatic rings. The highest BCUT2D eigenvalue weighted by atomic mass is 16.5. The van der Waals surface area contributed by atoms with Crippen LogP contribution in [0.25, 0.3) is 11.3 Å². The van der Waals surface area contributed by atoms with Gasteiger partial charge in [0.1, 0.15) is 0 Å². The molecular weight excluding hydrogens is 242 g/mol. The Morgan fingerprint density at radius 1 is 1.05 bits per heavy atom. The second kappa shape index (κ2) is 5.48. The van der Waals surface area contributed by atoms with Crippen LogP contribution in [-0.4, -0.2) is 37.4 Å². The number of nitrogens with zero attached hydrogens (tertiary/aromatic N) is 3. The summed E-state index contributed by atoms with van der Waals surface area (Å²) in [4.78, 5) is 13.2. The van der Waals surface area contributed by atoms with E-state index in [9.17, 15) is 4.79 Å². The lowest BCUT2D eigenvalue weighted by atomic mass is 10.1. The van der Waals surface area contributed by atoms with Crippen molar-refractivity contribution in [3.8, 4) is 11.3 Å². The van der Waals surface area contributed by atoms with Crippen LogP contribution in [0.4, 0.5) is 5.82 Å². The Morgan fingerprint density at radius 3 is 2.21 bits per heavy atom. The van der Waals surface area contributed by atoms with E-state index in [1.165, 1.54) is 7.11 Å². The number of esters is 1. The number of aromatic nitrogens is 2. The van der Waals surface area contributed by atoms with Gasteiger partial charge in [-0.1, -0.05) is 12.1 Å². The summed E-state index contributed by atoms with van der Waals surface area (Å²) < 4.78 is 4.65. The zero-order chi connectivity index (χ0) is 13.8. The molecule has 1 heterocycles. The molecule has 0 amide bonds. The Morgan fingerprint density at radius 2 is 1.74 bits per heavy atom. The maximum atomic E-state index is 11.3. The van der Waals surface area contributed by atoms with Gasteiger partial charge in [0.25, 0.3) is 0 Å². The van der Waals surface area contributed by atoms with Gasteiger partial charge >= 0.3 is 5.97 Å². The number of methoxy groups -OCH3 is 1. The second-order valence-corrected chi connectivity index (χ2v) is 4.24. The topological polar surface area (TPSA) is 55.3 Å². The third-order valence-corrected chi connectivity index (χ3v) is 2.71. The largest absolute Gasteiger partial charge is 0.465 e. The van der Waals surface area contributed by atoms with Crippen LogP contribution in [0.1, 0.15) is 10.4 Å². The molecule has 0 bridgehead atoms. The number of hydrogen-bond acceptors (Lipinski definition) is 5. The second-order valence-electron chi connectivity index (χ2n) is 4.24. The number of benzene rings is 1. The Balaban J connectivity index is 2.24. The number of rotatable bonds is 3. The average molecular weight is 257 g/mol. The molecule has 5 nitrogen and oxygen atoms in total. The maximum absolute atomic E-state index is 11.3. The zero-order valence-corrected chi connectivity index (χ0v) is 11.1. The third kappa shape index (κ3) is 2.88. The zero-order valence-electron chi connectivity index (χ0n) is 11.1. The van der Waals surface area contributed by atoms with Crippen molar-refractivity contribution < 1.29 is 9.53 Å². The molecule has 0 N–H and O–H groups in total. The van der Waals surface area contributed by atoms with E-state index >= 15 is 0 Å². The van der Waals surface area contributed by atoms with Crippen LogP contribution < -0.4 is 4.90 Å². The summed E-state index contributed by atoms with van der Waals surface area (Å²) in [5, 5.41) is 8.27. The van der Waals surface area contributed by atoms with E-state index in [2.05, 4.69) is 14.9 Å². The molecule has 0 aliphatic carbocycles. The molecule has 5 heteroatoms. The van der Waals surface area contributed by atoms with Gasteiger partial charge in [-0.3, -0.25) is 0 Å². The molecule has 19 heavy (non-hydrogen) atoms. The summed E-state index contributed by atoms with van der Waals surface area (Å²) in [5.41, 5.74) is 2.19. The van der Waals surface area contributed by atoms with E-state index in [1.807, 2.05) is 43.3 Å². The highest BCUT2D eigenvalue weighted by Gasteiger charge is 2.06. The minimum Gasteiger partial charge on any atom is -0.465 e. The van der Waals surface area contributed by atoms with Crippen LogP contribution >= 0.6 is 0 Å². The van der Waals surface area contributed by atoms with Gasteiger partial charge in [0.05, 0.1) is 18.4 Å². The molecule has 0 fully saturated rings. The van der Waals surface area contributed by atoms with Gasteiger partial charge in [0.2, 0.25) is 0 Å². The predicted octanol–water partition coefficient (Wildman–Crippen LogP) is 2.00. The standard InChI is InChI=1S/C14H15N3O2/c1-17(2)13-9-8-12(15-16-13)10-4-6-11(7-5-10)14(18)19-3/h4-9H,1-3H3. The van der Waals surface area contributed by atoms with Crippen molar-refractivity contribution in [1.29, 1.82) is 0 Å². The summed E-state index contributed by atoms with van der Waals surface area (Å²) in [7, 11) is 5.19. The van der Waals surface area contributed by atoms with Crippen LogP contribution in [0.5, 0.6) is 0 Å². The van der Waals surface area contributed by atoms with E-state index in [0.717, 1.165) is 17.1 Å². The minimum absolute atomic E-state index is 0.347. The molecule has 1 aromatic heterocycles. The van der Waals surface area contributed by atoms with Gasteiger partial charge in [-0.25, -0.2) is 4.79 Å². The average Bonchev–Trinajstić information content (AvgIpc) is 2.46. The monoisotopic (exact) mass is 257 g/mol. The van der Waals surface area contributed by atoms with Crippen LogP contribution in [0.3, 0.4) is 0 Å². The number of carbonyl (C=O) groups is 1. The molecule has 0 atom stereocenters. The number of hydrogen-bond donors (Lipinski definition) is 0. The summed E-state index contributed by atoms with van der Waals surface area (Å²) >= 11 is 0. The quantitative estimate of drug-likeness (QED) is 0.787. The van der Waals surface area contributed by atoms with Crippen molar-refractivity contribution in [2.24, 2.45) is 0 Å². The van der Waals surface area contributed by atoms with Gasteiger partial charge in [0, 0.05) is 19.7 Å². The Hall–Kier alpha value is -2.43. The van der Waals surface area contributed by atoms with Crippen molar-refractivity contribution in [1.82, 2.24) is 10.2 Å². The third-order valence-electron chi connectivity index (χ3n) is 2.71. The molecule has 98 valence electrons. The van der Waals surface area contributed by atoms with Gasteiger partial charge < -0.3 is 9.64 Å². The van der Waals surface area contributed by atoms with Crippen molar-refractivity contribution >= 4 is 11.8 Å². The minimum atomic E-state index is -0.347. The summed E-state index contributed by atoms with van der Waals surface area (Å²) in [6.45, 7) is 0. The van der Waals surface area contributed by atoms with Crippen molar-refractivity contribution in [2.45, 2.75) is 0 Å². The number of ether oxygens (including phenoxy) is 1. The summed E-state index contributed by atoms with van der Waals surface area (Å²) in [6.07, 6.45) is 0. The molecule has 0 unspecified atom stereocenters. The van der Waals surface area contributed by atoms with E-state index in [1.54, 1.807) is 12.1 Å². The molecule has 0 saturated carbocycles. The number of anilines is 1. The summed E-state index contributed by atoms with van der Waals surface area (Å²) in [6, 6.07) is 10.9. The van der Waals surface area contributed by atoms with Crippen molar-refractivity contribution in [2.75, 3.05) is 26.1 Å². The highest BCUT2D eigenvalue weighted by molar-refractivity contribution is 5.89. The first-order valence-electron chi connectivity index (χ1n) is 5.81. The fourth-order valence-corrected chi connectivity index (χ4v) is 1.61. The van der Waals surface area contributed by atoms with Crippen LogP contribution in [0, 0.1) is 0 Å². The van der Waals surface area contributed by atoms with E-state index < -0.39 is 0 Å². The fraction of sp³-hybridized carbons (Fsp3) is 0.214. The maximum Gasteiger partial charge on any atom is 0.337 e. The van der Waals surface area contributed by atoms with Crippen LogP contribution in [0.15, 0.2) is 36.4 Å². The first kappa shape index (κ1) is 13.0. The highest BCUT2D eigenvalue weighted by Crippen LogP contribution is 2.18. The molecule has 0 radical (unpaired) electrons. The lowest BCUT2D eigenvalue weighted by molar-refractivity contribution is 0.0601. The Bertz CT molecular complexity index is 562. The predicted molar refractivity (Wildman–Crippen MR) is 73.1 cm³/mol. The van der Waals surface area contributed by atoms with E-state index in [4.69, 9.17) is 0 Å². The van der Waals surface area contributed by atoms with Gasteiger partial charge in [-0.15, -0.1) is 10.2 Å². The smallest absolute Gasteiger partial charge is 0.337 e. The molecule has 2 rings (SSSR count). The van der Waals surface area contributed by atoms with Crippen molar-refractivity contribution in [3.63, 3.8) is 0 Å². The van der Waals surface area contributed by atoms with Crippen LogP contribution in [-0.2, 0) is 4.74 Å². The van der Waals surface area contributed by atoms with E-state index in [-0.39, 0.29) is 5.97 Å². The first-order chi connectivity index (χ1) is 9.11. The number of carbonyl (C=O) groups excluding carboxylic acids is 1. The Kier molecular flexibility index (Phi) is 3.75. The molecule has 0 saturated heterocycles. The first-order valence-corrected chi connectivity index (χ1v) is 5.81. The molecule has 1 aromatic carbocycles. The summed E-state index contributed by atoms with van der Waals surface area (Å²) in [5.74, 6) is 0.454. The lowest BCUT2D eigenvalue weighted by Crippen LogP contribution is -2.11. The fourth-order valence-electron chi connectivity index (χ4n) is 1.61. The molecular formula is C14H15N3O2. The molecule has 2 aromatic rings.